The van der Waals surface area contributed by atoms with Crippen LogP contribution in [0.4, 0.5) is 0 Å². The molecular weight excluding hydrogens is 264 g/mol. The molecule has 0 aliphatic heterocycles. The van der Waals surface area contributed by atoms with E-state index in [4.69, 9.17) is 0 Å². The Kier molecular flexibility index (Phi) is 7.17. The first-order valence-corrected chi connectivity index (χ1v) is 6.32. The molecule has 0 fully saturated rings. The number of hydrogen-bond acceptors (Lipinski definition) is 6. The zero-order valence-electron chi connectivity index (χ0n) is 12.1. The summed E-state index contributed by atoms with van der Waals surface area (Å²) in [5.74, 6) is -4.70. The maximum Gasteiger partial charge on any atom is 0.401 e. The van der Waals surface area contributed by atoms with E-state index < -0.39 is 24.0 Å². The van der Waals surface area contributed by atoms with Gasteiger partial charge in [-0.05, 0) is 20.3 Å². The summed E-state index contributed by atoms with van der Waals surface area (Å²) in [4.78, 5) is 23.0. The van der Waals surface area contributed by atoms with Crippen LogP contribution in [0.1, 0.15) is 40.0 Å². The largest absolute Gasteiger partial charge is 0.401 e. The van der Waals surface area contributed by atoms with Gasteiger partial charge in [0.05, 0.1) is 0 Å². The van der Waals surface area contributed by atoms with Gasteiger partial charge in [0, 0.05) is 11.1 Å². The van der Waals surface area contributed by atoms with E-state index in [2.05, 4.69) is 22.6 Å². The van der Waals surface area contributed by atoms with Gasteiger partial charge in [-0.3, -0.25) is 0 Å². The van der Waals surface area contributed by atoms with Gasteiger partial charge < -0.3 is 19.7 Å². The van der Waals surface area contributed by atoms with Gasteiger partial charge in [-0.1, -0.05) is 32.9 Å². The first-order valence-electron chi connectivity index (χ1n) is 6.32. The molecule has 0 bridgehead atoms. The smallest absolute Gasteiger partial charge is 0.393 e. The van der Waals surface area contributed by atoms with Crippen molar-refractivity contribution in [2.24, 2.45) is 0 Å². The molecule has 0 saturated carbocycles. The van der Waals surface area contributed by atoms with Crippen molar-refractivity contribution in [3.63, 3.8) is 0 Å². The summed E-state index contributed by atoms with van der Waals surface area (Å²) in [5.41, 5.74) is -0.00465. The van der Waals surface area contributed by atoms with Gasteiger partial charge in [0.25, 0.3) is 0 Å². The molecule has 0 heterocycles. The second-order valence-electron chi connectivity index (χ2n) is 4.63. The number of rotatable bonds is 8. The zero-order chi connectivity index (χ0) is 15.9. The van der Waals surface area contributed by atoms with E-state index in [0.29, 0.717) is 6.42 Å². The molecule has 0 radical (unpaired) electrons. The molecule has 0 aromatic heterocycles. The number of hydrogen-bond donors (Lipinski definition) is 2. The third-order valence-corrected chi connectivity index (χ3v) is 2.43. The van der Waals surface area contributed by atoms with Crippen LogP contribution < -0.4 is 0 Å². The number of aliphatic hydroxyl groups excluding tert-OH is 1. The predicted octanol–water partition coefficient (Wildman–Crippen LogP) is 1.42. The Bertz CT molecular complexity index is 370. The number of ether oxygens (including phenoxy) is 2. The van der Waals surface area contributed by atoms with E-state index in [1.807, 2.05) is 6.92 Å². The van der Waals surface area contributed by atoms with Crippen LogP contribution in [-0.4, -0.2) is 34.2 Å². The highest BCUT2D eigenvalue weighted by Gasteiger charge is 2.44. The van der Waals surface area contributed by atoms with Gasteiger partial charge in [0.15, 0.2) is 6.10 Å². The lowest BCUT2D eigenvalue weighted by molar-refractivity contribution is -0.359. The Morgan fingerprint density at radius 1 is 1.15 bits per heavy atom. The summed E-state index contributed by atoms with van der Waals surface area (Å²) in [7, 11) is 0. The first kappa shape index (κ1) is 18.3. The number of aliphatic hydroxyl groups is 2. The second kappa shape index (κ2) is 7.81. The van der Waals surface area contributed by atoms with Crippen LogP contribution in [0.5, 0.6) is 0 Å². The summed E-state index contributed by atoms with van der Waals surface area (Å²) in [6.45, 7) is 11.3. The lowest BCUT2D eigenvalue weighted by Gasteiger charge is -2.31. The minimum atomic E-state index is -2.75. The Labute approximate surface area is 118 Å². The third kappa shape index (κ3) is 5.54. The minimum absolute atomic E-state index is 0.00232. The Balaban J connectivity index is 5.10. The van der Waals surface area contributed by atoms with Gasteiger partial charge in [-0.15, -0.1) is 0 Å². The third-order valence-electron chi connectivity index (χ3n) is 2.43. The fourth-order valence-electron chi connectivity index (χ4n) is 1.18. The van der Waals surface area contributed by atoms with Gasteiger partial charge in [0.1, 0.15) is 0 Å². The molecule has 0 rings (SSSR count). The van der Waals surface area contributed by atoms with Crippen molar-refractivity contribution in [3.8, 4) is 0 Å². The van der Waals surface area contributed by atoms with Gasteiger partial charge >= 0.3 is 17.9 Å². The highest BCUT2D eigenvalue weighted by molar-refractivity contribution is 5.88. The molecule has 0 aromatic carbocycles. The Morgan fingerprint density at radius 3 is 1.85 bits per heavy atom. The quantitative estimate of drug-likeness (QED) is 0.398. The molecule has 0 saturated heterocycles. The molecule has 0 aliphatic carbocycles. The van der Waals surface area contributed by atoms with Crippen LogP contribution in [0.15, 0.2) is 24.3 Å². The van der Waals surface area contributed by atoms with Crippen molar-refractivity contribution in [3.05, 3.63) is 24.3 Å². The van der Waals surface area contributed by atoms with Gasteiger partial charge in [-0.25, -0.2) is 9.59 Å². The average Bonchev–Trinajstić information content (AvgIpc) is 2.35. The maximum atomic E-state index is 11.5. The maximum absolute atomic E-state index is 11.5. The lowest BCUT2D eigenvalue weighted by Crippen LogP contribution is -2.50. The van der Waals surface area contributed by atoms with Crippen molar-refractivity contribution in [2.45, 2.75) is 52.1 Å². The van der Waals surface area contributed by atoms with Gasteiger partial charge in [-0.2, -0.15) is 0 Å². The molecule has 114 valence electrons. The van der Waals surface area contributed by atoms with E-state index >= 15 is 0 Å². The first-order chi connectivity index (χ1) is 9.14. The second-order valence-corrected chi connectivity index (χ2v) is 4.63. The van der Waals surface area contributed by atoms with Crippen molar-refractivity contribution in [1.82, 2.24) is 0 Å². The summed E-state index contributed by atoms with van der Waals surface area (Å²) in [6, 6.07) is 0. The van der Waals surface area contributed by atoms with E-state index in [-0.39, 0.29) is 17.6 Å². The van der Waals surface area contributed by atoms with Crippen LogP contribution >= 0.6 is 0 Å². The van der Waals surface area contributed by atoms with E-state index in [0.717, 1.165) is 6.42 Å². The highest BCUT2D eigenvalue weighted by Crippen LogP contribution is 2.22. The average molecular weight is 286 g/mol. The van der Waals surface area contributed by atoms with E-state index in [1.54, 1.807) is 0 Å². The number of carbonyl (C=O) groups is 2. The zero-order valence-corrected chi connectivity index (χ0v) is 12.1. The predicted molar refractivity (Wildman–Crippen MR) is 72.3 cm³/mol. The number of unbranched alkanes of at least 4 members (excludes halogenated alkanes) is 1. The van der Waals surface area contributed by atoms with E-state index in [1.165, 1.54) is 13.8 Å². The monoisotopic (exact) mass is 286 g/mol. The van der Waals surface area contributed by atoms with Gasteiger partial charge in [0.2, 0.25) is 0 Å². The molecule has 1 unspecified atom stereocenters. The molecule has 0 amide bonds. The molecule has 1 atom stereocenters. The molecule has 20 heavy (non-hydrogen) atoms. The summed E-state index contributed by atoms with van der Waals surface area (Å²) < 4.78 is 9.32. The molecule has 0 spiro atoms. The fraction of sp³-hybridized carbons (Fsp3) is 0.571. The standard InChI is InChI=1S/C14H22O6/c1-6-7-8-11(15)14(18,19-12(16)9(2)3)20-13(17)10(4)5/h11,15,18H,2,4,6-8H2,1,3,5H3. The van der Waals surface area contributed by atoms with E-state index in [9.17, 15) is 19.8 Å². The van der Waals surface area contributed by atoms with Crippen LogP contribution in [0.2, 0.25) is 0 Å². The minimum Gasteiger partial charge on any atom is -0.393 e. The lowest BCUT2D eigenvalue weighted by atomic mass is 10.1. The van der Waals surface area contributed by atoms with Crippen LogP contribution in [0, 0.1) is 0 Å². The molecule has 6 heteroatoms. The number of carbonyl (C=O) groups excluding carboxylic acids is 2. The fourth-order valence-corrected chi connectivity index (χ4v) is 1.18. The number of esters is 2. The Hall–Kier alpha value is -1.66. The summed E-state index contributed by atoms with van der Waals surface area (Å²) >= 11 is 0. The summed E-state index contributed by atoms with van der Waals surface area (Å²) in [5, 5.41) is 20.0. The Morgan fingerprint density at radius 2 is 1.55 bits per heavy atom. The molecule has 0 aromatic rings. The normalized spacial score (nSPS) is 12.4. The van der Waals surface area contributed by atoms with Crippen molar-refractivity contribution in [1.29, 1.82) is 0 Å². The highest BCUT2D eigenvalue weighted by atomic mass is 16.8. The summed E-state index contributed by atoms with van der Waals surface area (Å²) in [6.07, 6.45) is -0.164. The SMILES string of the molecule is C=C(C)C(=O)OC(O)(OC(=O)C(=C)C)C(O)CCCC. The topological polar surface area (TPSA) is 93.1 Å². The van der Waals surface area contributed by atoms with Crippen LogP contribution in [0.3, 0.4) is 0 Å². The molecular formula is C14H22O6. The molecule has 6 nitrogen and oxygen atoms in total. The molecule has 2 N–H and O–H groups in total. The van der Waals surface area contributed by atoms with Crippen molar-refractivity contribution in [2.75, 3.05) is 0 Å². The van der Waals surface area contributed by atoms with Crippen molar-refractivity contribution >= 4 is 11.9 Å². The van der Waals surface area contributed by atoms with Crippen molar-refractivity contribution < 1.29 is 29.3 Å². The molecule has 0 aliphatic rings. The van der Waals surface area contributed by atoms with Crippen LogP contribution in [0.25, 0.3) is 0 Å². The van der Waals surface area contributed by atoms with Crippen LogP contribution in [-0.2, 0) is 19.1 Å².